The molecule has 0 saturated carbocycles. The lowest BCUT2D eigenvalue weighted by Gasteiger charge is -2.19. The predicted octanol–water partition coefficient (Wildman–Crippen LogP) is 3.94. The third kappa shape index (κ3) is 2.66. The van der Waals surface area contributed by atoms with Gasteiger partial charge in [0.15, 0.2) is 11.6 Å². The predicted molar refractivity (Wildman–Crippen MR) is 73.0 cm³/mol. The summed E-state index contributed by atoms with van der Waals surface area (Å²) in [4.78, 5) is 0. The van der Waals surface area contributed by atoms with Gasteiger partial charge in [-0.3, -0.25) is 0 Å². The molecule has 0 bridgehead atoms. The van der Waals surface area contributed by atoms with Crippen LogP contribution in [-0.2, 0) is 0 Å². The van der Waals surface area contributed by atoms with Crippen molar-refractivity contribution in [2.45, 2.75) is 26.8 Å². The Morgan fingerprint density at radius 2 is 1.47 bits per heavy atom. The fourth-order valence-electron chi connectivity index (χ4n) is 2.55. The molecule has 0 aromatic heterocycles. The zero-order valence-electron chi connectivity index (χ0n) is 11.3. The molecule has 2 N–H and O–H groups in total. The summed E-state index contributed by atoms with van der Waals surface area (Å²) < 4.78 is 26.3. The molecule has 2 aromatic carbocycles. The number of nitrogens with two attached hydrogens (primary N) is 1. The quantitative estimate of drug-likeness (QED) is 0.870. The highest BCUT2D eigenvalue weighted by atomic mass is 19.2. The first-order chi connectivity index (χ1) is 8.90. The summed E-state index contributed by atoms with van der Waals surface area (Å²) in [6.45, 7) is 5.98. The minimum absolute atomic E-state index is 0.448. The van der Waals surface area contributed by atoms with Gasteiger partial charge in [0.1, 0.15) is 0 Å². The van der Waals surface area contributed by atoms with Gasteiger partial charge in [-0.2, -0.15) is 0 Å². The van der Waals surface area contributed by atoms with Crippen LogP contribution in [0.25, 0.3) is 0 Å². The summed E-state index contributed by atoms with van der Waals surface area (Å²) >= 11 is 0. The molecule has 19 heavy (non-hydrogen) atoms. The highest BCUT2D eigenvalue weighted by Crippen LogP contribution is 2.27. The summed E-state index contributed by atoms with van der Waals surface area (Å²) in [7, 11) is 0. The number of halogens is 2. The molecule has 100 valence electrons. The lowest BCUT2D eigenvalue weighted by molar-refractivity contribution is 0.506. The van der Waals surface area contributed by atoms with E-state index in [1.807, 2.05) is 32.9 Å². The third-order valence-electron chi connectivity index (χ3n) is 3.35. The number of aryl methyl sites for hydroxylation is 3. The van der Waals surface area contributed by atoms with Crippen molar-refractivity contribution in [2.75, 3.05) is 0 Å². The van der Waals surface area contributed by atoms with Crippen LogP contribution in [0.4, 0.5) is 8.78 Å². The van der Waals surface area contributed by atoms with Crippen molar-refractivity contribution in [2.24, 2.45) is 5.73 Å². The maximum absolute atomic E-state index is 13.3. The first-order valence-electron chi connectivity index (χ1n) is 6.18. The zero-order valence-corrected chi connectivity index (χ0v) is 11.3. The highest BCUT2D eigenvalue weighted by Gasteiger charge is 2.16. The second kappa shape index (κ2) is 5.10. The molecule has 1 unspecified atom stereocenters. The van der Waals surface area contributed by atoms with Gasteiger partial charge in [-0.15, -0.1) is 0 Å². The van der Waals surface area contributed by atoms with E-state index >= 15 is 0 Å². The molecule has 1 atom stereocenters. The van der Waals surface area contributed by atoms with Crippen LogP contribution >= 0.6 is 0 Å². The van der Waals surface area contributed by atoms with E-state index in [0.717, 1.165) is 28.3 Å². The van der Waals surface area contributed by atoms with Gasteiger partial charge in [-0.25, -0.2) is 8.78 Å². The number of rotatable bonds is 2. The molecule has 0 heterocycles. The fraction of sp³-hybridized carbons (Fsp3) is 0.250. The summed E-state index contributed by atoms with van der Waals surface area (Å²) in [5.74, 6) is -1.72. The Morgan fingerprint density at radius 3 is 2.00 bits per heavy atom. The lowest BCUT2D eigenvalue weighted by atomic mass is 9.90. The SMILES string of the molecule is Cc1cc(C)c(C(N)c2ccc(F)c(F)c2)c(C)c1. The second-order valence-corrected chi connectivity index (χ2v) is 4.96. The molecule has 0 amide bonds. The van der Waals surface area contributed by atoms with E-state index in [4.69, 9.17) is 5.73 Å². The minimum Gasteiger partial charge on any atom is -0.320 e. The molecular formula is C16H17F2N. The van der Waals surface area contributed by atoms with Gasteiger partial charge in [0.05, 0.1) is 6.04 Å². The Labute approximate surface area is 112 Å². The van der Waals surface area contributed by atoms with E-state index in [1.54, 1.807) is 0 Å². The average molecular weight is 261 g/mol. The van der Waals surface area contributed by atoms with Crippen molar-refractivity contribution in [3.63, 3.8) is 0 Å². The van der Waals surface area contributed by atoms with E-state index in [2.05, 4.69) is 0 Å². The molecule has 0 spiro atoms. The Bertz CT molecular complexity index is 597. The first-order valence-corrected chi connectivity index (χ1v) is 6.18. The van der Waals surface area contributed by atoms with Gasteiger partial charge < -0.3 is 5.73 Å². The van der Waals surface area contributed by atoms with Gasteiger partial charge in [0, 0.05) is 0 Å². The van der Waals surface area contributed by atoms with Crippen LogP contribution in [0.15, 0.2) is 30.3 Å². The number of hydrogen-bond donors (Lipinski definition) is 1. The highest BCUT2D eigenvalue weighted by molar-refractivity contribution is 5.43. The van der Waals surface area contributed by atoms with E-state index in [-0.39, 0.29) is 0 Å². The van der Waals surface area contributed by atoms with Crippen LogP contribution < -0.4 is 5.73 Å². The molecule has 0 aliphatic heterocycles. The standard InChI is InChI=1S/C16H17F2N/c1-9-6-10(2)15(11(3)7-9)16(19)12-4-5-13(17)14(18)8-12/h4-8,16H,19H2,1-3H3. The van der Waals surface area contributed by atoms with Crippen LogP contribution in [0.5, 0.6) is 0 Å². The number of hydrogen-bond acceptors (Lipinski definition) is 1. The third-order valence-corrected chi connectivity index (χ3v) is 3.35. The largest absolute Gasteiger partial charge is 0.320 e. The molecule has 0 aliphatic rings. The molecule has 0 saturated heterocycles. The van der Waals surface area contributed by atoms with Gasteiger partial charge in [0.25, 0.3) is 0 Å². The average Bonchev–Trinajstić information content (AvgIpc) is 2.31. The monoisotopic (exact) mass is 261 g/mol. The molecule has 2 rings (SSSR count). The Morgan fingerprint density at radius 1 is 0.895 bits per heavy atom. The van der Waals surface area contributed by atoms with Crippen LogP contribution in [0.1, 0.15) is 33.9 Å². The second-order valence-electron chi connectivity index (χ2n) is 4.96. The molecule has 1 nitrogen and oxygen atoms in total. The normalized spacial score (nSPS) is 12.5. The summed E-state index contributed by atoms with van der Waals surface area (Å²) in [5, 5.41) is 0. The molecule has 3 heteroatoms. The van der Waals surface area contributed by atoms with E-state index in [9.17, 15) is 8.78 Å². The van der Waals surface area contributed by atoms with Crippen LogP contribution in [0, 0.1) is 32.4 Å². The van der Waals surface area contributed by atoms with Gasteiger partial charge in [-0.05, 0) is 55.2 Å². The molecule has 0 aliphatic carbocycles. The maximum atomic E-state index is 13.3. The van der Waals surface area contributed by atoms with Crippen molar-refractivity contribution in [3.8, 4) is 0 Å². The molecule has 0 radical (unpaired) electrons. The first kappa shape index (κ1) is 13.7. The van der Waals surface area contributed by atoms with Crippen molar-refractivity contribution < 1.29 is 8.78 Å². The smallest absolute Gasteiger partial charge is 0.159 e. The minimum atomic E-state index is -0.865. The van der Waals surface area contributed by atoms with Gasteiger partial charge in [-0.1, -0.05) is 23.8 Å². The van der Waals surface area contributed by atoms with Gasteiger partial charge >= 0.3 is 0 Å². The Kier molecular flexibility index (Phi) is 3.67. The van der Waals surface area contributed by atoms with Gasteiger partial charge in [0.2, 0.25) is 0 Å². The van der Waals surface area contributed by atoms with Crippen molar-refractivity contribution in [3.05, 3.63) is 69.8 Å². The van der Waals surface area contributed by atoms with Crippen molar-refractivity contribution in [1.29, 1.82) is 0 Å². The molecular weight excluding hydrogens is 244 g/mol. The van der Waals surface area contributed by atoms with Crippen LogP contribution in [0.3, 0.4) is 0 Å². The van der Waals surface area contributed by atoms with Crippen LogP contribution in [0.2, 0.25) is 0 Å². The van der Waals surface area contributed by atoms with E-state index in [0.29, 0.717) is 5.56 Å². The summed E-state index contributed by atoms with van der Waals surface area (Å²) in [6, 6.07) is 7.45. The Hall–Kier alpha value is -1.74. The molecule has 2 aromatic rings. The maximum Gasteiger partial charge on any atom is 0.159 e. The van der Waals surface area contributed by atoms with E-state index < -0.39 is 17.7 Å². The lowest BCUT2D eigenvalue weighted by Crippen LogP contribution is -2.15. The zero-order chi connectivity index (χ0) is 14.2. The van der Waals surface area contributed by atoms with Crippen molar-refractivity contribution >= 4 is 0 Å². The van der Waals surface area contributed by atoms with Crippen LogP contribution in [-0.4, -0.2) is 0 Å². The summed E-state index contributed by atoms with van der Waals surface area (Å²) in [5.41, 5.74) is 11.0. The molecule has 0 fully saturated rings. The topological polar surface area (TPSA) is 26.0 Å². The summed E-state index contributed by atoms with van der Waals surface area (Å²) in [6.07, 6.45) is 0. The fourth-order valence-corrected chi connectivity index (χ4v) is 2.55. The van der Waals surface area contributed by atoms with E-state index in [1.165, 1.54) is 12.1 Å². The number of benzene rings is 2. The van der Waals surface area contributed by atoms with Crippen molar-refractivity contribution in [1.82, 2.24) is 0 Å². The Balaban J connectivity index is 2.49.